The van der Waals surface area contributed by atoms with Crippen LogP contribution in [0.15, 0.2) is 60.7 Å². The van der Waals surface area contributed by atoms with Crippen LogP contribution in [0.4, 0.5) is 13.2 Å². The minimum Gasteiger partial charge on any atom is -0.489 e. The molecule has 0 fully saturated rings. The monoisotopic (exact) mass is 472 g/mol. The lowest BCUT2D eigenvalue weighted by Gasteiger charge is -2.27. The predicted molar refractivity (Wildman–Crippen MR) is 118 cm³/mol. The fourth-order valence-corrected chi connectivity index (χ4v) is 3.81. The van der Waals surface area contributed by atoms with Crippen LogP contribution in [0.1, 0.15) is 23.2 Å². The van der Waals surface area contributed by atoms with Crippen LogP contribution in [0, 0.1) is 0 Å². The highest BCUT2D eigenvalue weighted by Gasteiger charge is 2.32. The first-order valence-corrected chi connectivity index (χ1v) is 10.8. The number of fused-ring (bicyclic) bond motifs is 1. The molecule has 1 aliphatic rings. The first kappa shape index (κ1) is 23.6. The number of halogens is 3. The van der Waals surface area contributed by atoms with E-state index in [0.29, 0.717) is 18.8 Å². The number of hydrogen-bond acceptors (Lipinski definition) is 5. The number of carboxylic acids is 1. The Morgan fingerprint density at radius 2 is 1.82 bits per heavy atom. The van der Waals surface area contributed by atoms with Crippen molar-refractivity contribution in [2.24, 2.45) is 0 Å². The Hall–Kier alpha value is -3.59. The molecule has 2 heterocycles. The van der Waals surface area contributed by atoms with E-state index in [2.05, 4.69) is 9.64 Å². The lowest BCUT2D eigenvalue weighted by molar-refractivity contribution is -0.275. The van der Waals surface area contributed by atoms with Crippen molar-refractivity contribution in [2.75, 3.05) is 13.1 Å². The highest BCUT2D eigenvalue weighted by Crippen LogP contribution is 2.28. The number of alkyl halides is 3. The Bertz CT molecular complexity index is 1150. The van der Waals surface area contributed by atoms with E-state index >= 15 is 0 Å². The zero-order chi connectivity index (χ0) is 24.1. The topological polar surface area (TPSA) is 71.9 Å². The van der Waals surface area contributed by atoms with Gasteiger partial charge in [0.2, 0.25) is 0 Å². The molecule has 0 aliphatic carbocycles. The van der Waals surface area contributed by atoms with Crippen LogP contribution in [-0.4, -0.2) is 40.4 Å². The van der Waals surface area contributed by atoms with Gasteiger partial charge in [0.25, 0.3) is 0 Å². The van der Waals surface area contributed by atoms with E-state index in [-0.39, 0.29) is 24.3 Å². The molecule has 0 radical (unpaired) electrons. The van der Waals surface area contributed by atoms with Gasteiger partial charge in [-0.2, -0.15) is 0 Å². The highest BCUT2D eigenvalue weighted by molar-refractivity contribution is 5.66. The Morgan fingerprint density at radius 3 is 2.56 bits per heavy atom. The average Bonchev–Trinajstić information content (AvgIpc) is 2.81. The summed E-state index contributed by atoms with van der Waals surface area (Å²) in [7, 11) is 0. The summed E-state index contributed by atoms with van der Waals surface area (Å²) in [6.45, 7) is 1.90. The second kappa shape index (κ2) is 10.1. The predicted octanol–water partition coefficient (Wildman–Crippen LogP) is 5.06. The zero-order valence-corrected chi connectivity index (χ0v) is 18.2. The number of carboxylic acid groups (broad SMARTS) is 1. The largest absolute Gasteiger partial charge is 0.573 e. The van der Waals surface area contributed by atoms with Crippen molar-refractivity contribution in [3.8, 4) is 22.8 Å². The fourth-order valence-electron chi connectivity index (χ4n) is 3.81. The molecule has 6 nitrogen and oxygen atoms in total. The van der Waals surface area contributed by atoms with Gasteiger partial charge in [-0.05, 0) is 42.0 Å². The van der Waals surface area contributed by atoms with Crippen molar-refractivity contribution in [3.05, 3.63) is 77.5 Å². The summed E-state index contributed by atoms with van der Waals surface area (Å²) in [4.78, 5) is 17.7. The molecule has 0 spiro atoms. The van der Waals surface area contributed by atoms with Gasteiger partial charge in [-0.15, -0.1) is 13.2 Å². The molecule has 0 unspecified atom stereocenters. The van der Waals surface area contributed by atoms with Crippen LogP contribution in [0.5, 0.6) is 11.5 Å². The normalized spacial score (nSPS) is 13.9. The van der Waals surface area contributed by atoms with Gasteiger partial charge in [-0.3, -0.25) is 14.7 Å². The lowest BCUT2D eigenvalue weighted by Crippen LogP contribution is -2.32. The van der Waals surface area contributed by atoms with Crippen LogP contribution in [0.2, 0.25) is 0 Å². The summed E-state index contributed by atoms with van der Waals surface area (Å²) in [5.41, 5.74) is 4.10. The Kier molecular flexibility index (Phi) is 7.02. The summed E-state index contributed by atoms with van der Waals surface area (Å²) in [5.74, 6) is -0.574. The van der Waals surface area contributed by atoms with Crippen LogP contribution in [0.3, 0.4) is 0 Å². The molecule has 178 valence electrons. The lowest BCUT2D eigenvalue weighted by atomic mass is 10.0. The molecule has 1 N–H and O–H groups in total. The maximum atomic E-state index is 12.6. The molecule has 0 bridgehead atoms. The standard InChI is InChI=1S/C25H23F3N2O4/c26-25(27,28)34-23-4-2-1-3-19(23)16-33-20-8-5-17(6-9-20)21-10-7-18-15-30(14-12-24(31)32)13-11-22(18)29-21/h1-10H,11-16H2,(H,31,32). The Morgan fingerprint density at radius 1 is 1.06 bits per heavy atom. The number of benzene rings is 2. The first-order chi connectivity index (χ1) is 16.3. The number of carbonyl (C=O) groups is 1. The Labute approximate surface area is 194 Å². The first-order valence-electron chi connectivity index (χ1n) is 10.8. The quantitative estimate of drug-likeness (QED) is 0.494. The third kappa shape index (κ3) is 6.26. The molecule has 3 aromatic rings. The minimum absolute atomic E-state index is 0.0684. The zero-order valence-electron chi connectivity index (χ0n) is 18.2. The van der Waals surface area contributed by atoms with Gasteiger partial charge < -0.3 is 14.6 Å². The Balaban J connectivity index is 1.39. The van der Waals surface area contributed by atoms with Crippen molar-refractivity contribution in [1.29, 1.82) is 0 Å². The molecule has 4 rings (SSSR count). The van der Waals surface area contributed by atoms with Crippen molar-refractivity contribution < 1.29 is 32.5 Å². The number of pyridine rings is 1. The molecule has 1 aliphatic heterocycles. The third-order valence-corrected chi connectivity index (χ3v) is 5.51. The third-order valence-electron chi connectivity index (χ3n) is 5.51. The summed E-state index contributed by atoms with van der Waals surface area (Å²) >= 11 is 0. The van der Waals surface area contributed by atoms with Crippen LogP contribution in [0.25, 0.3) is 11.3 Å². The summed E-state index contributed by atoms with van der Waals surface area (Å²) in [6.07, 6.45) is -3.89. The second-order valence-electron chi connectivity index (χ2n) is 7.94. The smallest absolute Gasteiger partial charge is 0.489 e. The number of para-hydroxylation sites is 1. The summed E-state index contributed by atoms with van der Waals surface area (Å²) in [5, 5.41) is 8.87. The molecule has 0 saturated carbocycles. The molecule has 0 atom stereocenters. The maximum absolute atomic E-state index is 12.6. The van der Waals surface area contributed by atoms with Crippen LogP contribution < -0.4 is 9.47 Å². The number of rotatable bonds is 8. The number of aromatic nitrogens is 1. The summed E-state index contributed by atoms with van der Waals surface area (Å²) in [6, 6.07) is 17.0. The van der Waals surface area contributed by atoms with Gasteiger partial charge in [0.15, 0.2) is 0 Å². The van der Waals surface area contributed by atoms with Crippen molar-refractivity contribution >= 4 is 5.97 Å². The van der Waals surface area contributed by atoms with E-state index < -0.39 is 12.3 Å². The second-order valence-corrected chi connectivity index (χ2v) is 7.94. The van der Waals surface area contributed by atoms with E-state index in [1.807, 2.05) is 24.3 Å². The molecule has 1 aromatic heterocycles. The summed E-state index contributed by atoms with van der Waals surface area (Å²) < 4.78 is 47.5. The van der Waals surface area contributed by atoms with Gasteiger partial charge in [0.05, 0.1) is 12.1 Å². The van der Waals surface area contributed by atoms with Gasteiger partial charge in [-0.25, -0.2) is 0 Å². The highest BCUT2D eigenvalue weighted by atomic mass is 19.4. The molecule has 0 amide bonds. The van der Waals surface area contributed by atoms with Crippen molar-refractivity contribution in [3.63, 3.8) is 0 Å². The van der Waals surface area contributed by atoms with Gasteiger partial charge in [0, 0.05) is 42.9 Å². The maximum Gasteiger partial charge on any atom is 0.573 e. The van der Waals surface area contributed by atoms with E-state index in [4.69, 9.17) is 14.8 Å². The molecule has 9 heteroatoms. The molecular formula is C25H23F3N2O4. The number of ether oxygens (including phenoxy) is 2. The van der Waals surface area contributed by atoms with Crippen LogP contribution in [-0.2, 0) is 24.4 Å². The SMILES string of the molecule is O=C(O)CCN1CCc2nc(-c3ccc(OCc4ccccc4OC(F)(F)F)cc3)ccc2C1. The average molecular weight is 472 g/mol. The van der Waals surface area contributed by atoms with Crippen molar-refractivity contribution in [2.45, 2.75) is 32.4 Å². The fraction of sp³-hybridized carbons (Fsp3) is 0.280. The number of hydrogen-bond donors (Lipinski definition) is 1. The minimum atomic E-state index is -4.77. The van der Waals surface area contributed by atoms with Gasteiger partial charge in [-0.1, -0.05) is 24.3 Å². The van der Waals surface area contributed by atoms with Crippen LogP contribution >= 0.6 is 0 Å². The number of nitrogens with zero attached hydrogens (tertiary/aromatic N) is 2. The van der Waals surface area contributed by atoms with Crippen molar-refractivity contribution in [1.82, 2.24) is 9.88 Å². The molecule has 34 heavy (non-hydrogen) atoms. The van der Waals surface area contributed by atoms with E-state index in [9.17, 15) is 18.0 Å². The molecular weight excluding hydrogens is 449 g/mol. The van der Waals surface area contributed by atoms with Gasteiger partial charge in [0.1, 0.15) is 18.1 Å². The van der Waals surface area contributed by atoms with E-state index in [0.717, 1.165) is 35.5 Å². The molecule has 0 saturated heterocycles. The van der Waals surface area contributed by atoms with Gasteiger partial charge >= 0.3 is 12.3 Å². The van der Waals surface area contributed by atoms with E-state index in [1.165, 1.54) is 18.2 Å². The van der Waals surface area contributed by atoms with E-state index in [1.54, 1.807) is 18.2 Å². The number of aliphatic carboxylic acids is 1. The molecule has 2 aromatic carbocycles.